The molecule has 2 aliphatic heterocycles. The quantitative estimate of drug-likeness (QED) is 0.841. The minimum Gasteiger partial charge on any atom is -0.312 e. The first-order chi connectivity index (χ1) is 9.91. The molecule has 0 saturated carbocycles. The van der Waals surface area contributed by atoms with Crippen LogP contribution in [0.25, 0.3) is 0 Å². The maximum absolute atomic E-state index is 3.79. The molecule has 2 saturated heterocycles. The predicted molar refractivity (Wildman–Crippen MR) is 91.8 cm³/mol. The van der Waals surface area contributed by atoms with Gasteiger partial charge in [-0.3, -0.25) is 9.80 Å². The first-order valence-electron chi connectivity index (χ1n) is 9.13. The zero-order valence-electron chi connectivity index (χ0n) is 15.0. The Morgan fingerprint density at radius 2 is 1.95 bits per heavy atom. The van der Waals surface area contributed by atoms with Gasteiger partial charge in [-0.25, -0.2) is 0 Å². The van der Waals surface area contributed by atoms with Crippen molar-refractivity contribution in [3.63, 3.8) is 0 Å². The van der Waals surface area contributed by atoms with Gasteiger partial charge >= 0.3 is 0 Å². The van der Waals surface area contributed by atoms with Crippen molar-refractivity contribution >= 4 is 0 Å². The van der Waals surface area contributed by atoms with Crippen LogP contribution in [-0.2, 0) is 0 Å². The summed E-state index contributed by atoms with van der Waals surface area (Å²) in [6.45, 7) is 18.0. The number of piperidine rings is 1. The summed E-state index contributed by atoms with van der Waals surface area (Å²) in [5.41, 5.74) is 0.332. The van der Waals surface area contributed by atoms with E-state index < -0.39 is 0 Å². The molecule has 0 aromatic heterocycles. The summed E-state index contributed by atoms with van der Waals surface area (Å²) in [6, 6.07) is 2.12. The summed E-state index contributed by atoms with van der Waals surface area (Å²) in [5, 5.41) is 3.79. The van der Waals surface area contributed by atoms with Crippen molar-refractivity contribution < 1.29 is 0 Å². The summed E-state index contributed by atoms with van der Waals surface area (Å²) in [4.78, 5) is 5.50. The number of fused-ring (bicyclic) bond motifs is 1. The lowest BCUT2D eigenvalue weighted by Crippen LogP contribution is -2.61. The Morgan fingerprint density at radius 3 is 2.62 bits per heavy atom. The maximum Gasteiger partial charge on any atom is 0.0243 e. The van der Waals surface area contributed by atoms with Crippen LogP contribution in [0.15, 0.2) is 0 Å². The first-order valence-corrected chi connectivity index (χ1v) is 9.13. The molecule has 1 N–H and O–H groups in total. The van der Waals surface area contributed by atoms with Crippen molar-refractivity contribution in [2.75, 3.05) is 32.7 Å². The molecule has 2 fully saturated rings. The first kappa shape index (κ1) is 17.2. The summed E-state index contributed by atoms with van der Waals surface area (Å²) < 4.78 is 0. The third kappa shape index (κ3) is 4.67. The van der Waals surface area contributed by atoms with Crippen LogP contribution in [0.3, 0.4) is 0 Å². The van der Waals surface area contributed by atoms with Gasteiger partial charge in [0.1, 0.15) is 0 Å². The number of nitrogens with one attached hydrogen (secondary N) is 1. The van der Waals surface area contributed by atoms with Crippen molar-refractivity contribution in [3.05, 3.63) is 0 Å². The zero-order chi connectivity index (χ0) is 15.5. The van der Waals surface area contributed by atoms with Gasteiger partial charge in [-0.2, -0.15) is 0 Å². The highest BCUT2D eigenvalue weighted by atomic mass is 15.3. The van der Waals surface area contributed by atoms with E-state index in [-0.39, 0.29) is 0 Å². The molecule has 0 radical (unpaired) electrons. The highest BCUT2D eigenvalue weighted by Gasteiger charge is 2.35. The molecule has 0 amide bonds. The number of rotatable bonds is 5. The second kappa shape index (κ2) is 7.43. The normalized spacial score (nSPS) is 30.1. The van der Waals surface area contributed by atoms with Gasteiger partial charge in [-0.05, 0) is 44.7 Å². The van der Waals surface area contributed by atoms with E-state index in [0.717, 1.165) is 12.6 Å². The van der Waals surface area contributed by atoms with Crippen molar-refractivity contribution in [2.45, 2.75) is 78.4 Å². The van der Waals surface area contributed by atoms with Gasteiger partial charge in [0.05, 0.1) is 0 Å². The van der Waals surface area contributed by atoms with Crippen LogP contribution < -0.4 is 5.32 Å². The van der Waals surface area contributed by atoms with Crippen LogP contribution in [0.5, 0.6) is 0 Å². The molecule has 0 aliphatic carbocycles. The second-order valence-electron chi connectivity index (χ2n) is 8.32. The fraction of sp³-hybridized carbons (Fsp3) is 1.00. The van der Waals surface area contributed by atoms with Crippen molar-refractivity contribution in [2.24, 2.45) is 5.41 Å². The topological polar surface area (TPSA) is 18.5 Å². The number of nitrogens with zero attached hydrogens (tertiary/aromatic N) is 2. The third-order valence-corrected chi connectivity index (χ3v) is 5.42. The largest absolute Gasteiger partial charge is 0.312 e. The van der Waals surface area contributed by atoms with Gasteiger partial charge in [0.2, 0.25) is 0 Å². The Kier molecular flexibility index (Phi) is 6.10. The average Bonchev–Trinajstić information content (AvgIpc) is 2.42. The summed E-state index contributed by atoms with van der Waals surface area (Å²) >= 11 is 0. The van der Waals surface area contributed by atoms with E-state index in [4.69, 9.17) is 0 Å². The molecule has 3 unspecified atom stereocenters. The Bertz CT molecular complexity index is 310. The van der Waals surface area contributed by atoms with E-state index in [9.17, 15) is 0 Å². The van der Waals surface area contributed by atoms with E-state index >= 15 is 0 Å². The monoisotopic (exact) mass is 295 g/mol. The summed E-state index contributed by atoms with van der Waals surface area (Å²) in [6.07, 6.45) is 5.47. The van der Waals surface area contributed by atoms with Gasteiger partial charge in [0.15, 0.2) is 0 Å². The van der Waals surface area contributed by atoms with E-state index in [2.05, 4.69) is 49.7 Å². The molecule has 0 bridgehead atoms. The van der Waals surface area contributed by atoms with E-state index in [1.807, 2.05) is 0 Å². The molecule has 0 aromatic carbocycles. The zero-order valence-corrected chi connectivity index (χ0v) is 15.0. The van der Waals surface area contributed by atoms with Crippen LogP contribution in [0.2, 0.25) is 0 Å². The molecule has 3 heteroatoms. The van der Waals surface area contributed by atoms with Gasteiger partial charge in [0.25, 0.3) is 0 Å². The molecule has 2 rings (SSSR count). The summed E-state index contributed by atoms with van der Waals surface area (Å²) in [5.74, 6) is 0. The lowest BCUT2D eigenvalue weighted by Gasteiger charge is -2.49. The third-order valence-electron chi connectivity index (χ3n) is 5.42. The lowest BCUT2D eigenvalue weighted by molar-refractivity contribution is 0.00376. The van der Waals surface area contributed by atoms with Crippen molar-refractivity contribution in [1.82, 2.24) is 15.1 Å². The molecule has 2 aliphatic rings. The lowest BCUT2D eigenvalue weighted by atomic mass is 9.85. The molecule has 3 nitrogen and oxygen atoms in total. The molecule has 2 heterocycles. The second-order valence-corrected chi connectivity index (χ2v) is 8.32. The fourth-order valence-electron chi connectivity index (χ4n) is 3.86. The molecule has 21 heavy (non-hydrogen) atoms. The maximum atomic E-state index is 3.79. The summed E-state index contributed by atoms with van der Waals surface area (Å²) in [7, 11) is 0. The predicted octanol–water partition coefficient (Wildman–Crippen LogP) is 2.96. The van der Waals surface area contributed by atoms with Gasteiger partial charge in [-0.15, -0.1) is 0 Å². The van der Waals surface area contributed by atoms with Crippen molar-refractivity contribution in [1.29, 1.82) is 0 Å². The molecule has 0 spiro atoms. The van der Waals surface area contributed by atoms with Gasteiger partial charge < -0.3 is 5.32 Å². The number of piperazine rings is 1. The highest BCUT2D eigenvalue weighted by molar-refractivity contribution is 4.92. The minimum atomic E-state index is 0.332. The van der Waals surface area contributed by atoms with Gasteiger partial charge in [0, 0.05) is 37.8 Å². The number of hydrogen-bond donors (Lipinski definition) is 1. The molecular weight excluding hydrogens is 258 g/mol. The Morgan fingerprint density at radius 1 is 1.19 bits per heavy atom. The Hall–Kier alpha value is -0.120. The average molecular weight is 296 g/mol. The van der Waals surface area contributed by atoms with Crippen LogP contribution in [0, 0.1) is 5.41 Å². The van der Waals surface area contributed by atoms with Crippen LogP contribution in [-0.4, -0.2) is 60.6 Å². The fourth-order valence-corrected chi connectivity index (χ4v) is 3.86. The standard InChI is InChI=1S/C18H37N3/c1-6-10-19-17(18(3,4)5)14-21-13-16-9-7-8-11-20(16)12-15(21)2/h15-17,19H,6-14H2,1-5H3. The molecule has 0 aromatic rings. The van der Waals surface area contributed by atoms with E-state index in [1.54, 1.807) is 0 Å². The Balaban J connectivity index is 1.95. The minimum absolute atomic E-state index is 0.332. The highest BCUT2D eigenvalue weighted by Crippen LogP contribution is 2.26. The van der Waals surface area contributed by atoms with E-state index in [1.165, 1.54) is 51.9 Å². The van der Waals surface area contributed by atoms with Crippen LogP contribution in [0.4, 0.5) is 0 Å². The molecular formula is C18H37N3. The smallest absolute Gasteiger partial charge is 0.0243 e. The Labute approximate surface area is 132 Å². The van der Waals surface area contributed by atoms with Crippen LogP contribution in [0.1, 0.15) is 60.3 Å². The SMILES string of the molecule is CCCNC(CN1CC2CCCCN2CC1C)C(C)(C)C. The molecule has 124 valence electrons. The number of hydrogen-bond acceptors (Lipinski definition) is 3. The molecule has 3 atom stereocenters. The van der Waals surface area contributed by atoms with Crippen LogP contribution >= 0.6 is 0 Å². The van der Waals surface area contributed by atoms with Gasteiger partial charge in [-0.1, -0.05) is 34.1 Å². The van der Waals surface area contributed by atoms with Crippen molar-refractivity contribution in [3.8, 4) is 0 Å². The van der Waals surface area contributed by atoms with E-state index in [0.29, 0.717) is 17.5 Å².